The van der Waals surface area contributed by atoms with Gasteiger partial charge in [0.15, 0.2) is 0 Å². The Kier molecular flexibility index (Phi) is 3.83. The lowest BCUT2D eigenvalue weighted by Crippen LogP contribution is -2.13. The summed E-state index contributed by atoms with van der Waals surface area (Å²) in [6.07, 6.45) is 0. The zero-order valence-corrected chi connectivity index (χ0v) is 12.6. The highest BCUT2D eigenvalue weighted by atomic mass is 16.7. The van der Waals surface area contributed by atoms with Gasteiger partial charge in [-0.05, 0) is 18.6 Å². The second kappa shape index (κ2) is 5.93. The van der Waals surface area contributed by atoms with Crippen LogP contribution in [0.4, 0.5) is 0 Å². The Morgan fingerprint density at radius 3 is 2.45 bits per heavy atom. The van der Waals surface area contributed by atoms with Crippen LogP contribution in [0.3, 0.4) is 0 Å². The van der Waals surface area contributed by atoms with Gasteiger partial charge in [0.2, 0.25) is 0 Å². The van der Waals surface area contributed by atoms with Crippen LogP contribution in [0.15, 0.2) is 54.6 Å². The number of para-hydroxylation sites is 1. The zero-order valence-electron chi connectivity index (χ0n) is 12.6. The van der Waals surface area contributed by atoms with Gasteiger partial charge in [-0.25, -0.2) is 4.79 Å². The van der Waals surface area contributed by atoms with Crippen molar-refractivity contribution in [3.05, 3.63) is 71.4 Å². The number of carbonyl (C=O) groups is 1. The highest BCUT2D eigenvalue weighted by molar-refractivity contribution is 6.05. The molecular formula is C18H17NO3. The first-order chi connectivity index (χ1) is 10.7. The SMILES string of the molecule is COC(=O)c1c(C)n(OCc2ccccc2)c2ccccc12. The zero-order chi connectivity index (χ0) is 15.5. The normalized spacial score (nSPS) is 10.6. The summed E-state index contributed by atoms with van der Waals surface area (Å²) in [6.45, 7) is 2.29. The van der Waals surface area contributed by atoms with Gasteiger partial charge < -0.3 is 9.57 Å². The average molecular weight is 295 g/mol. The number of ether oxygens (including phenoxy) is 1. The van der Waals surface area contributed by atoms with Crippen molar-refractivity contribution in [3.8, 4) is 0 Å². The first-order valence-corrected chi connectivity index (χ1v) is 7.08. The minimum Gasteiger partial charge on any atom is -0.465 e. The van der Waals surface area contributed by atoms with Gasteiger partial charge in [0.1, 0.15) is 6.61 Å². The second-order valence-corrected chi connectivity index (χ2v) is 5.02. The molecule has 22 heavy (non-hydrogen) atoms. The molecule has 0 fully saturated rings. The maximum Gasteiger partial charge on any atom is 0.340 e. The van der Waals surface area contributed by atoms with Gasteiger partial charge in [0.25, 0.3) is 0 Å². The van der Waals surface area contributed by atoms with E-state index in [0.29, 0.717) is 12.2 Å². The fourth-order valence-corrected chi connectivity index (χ4v) is 2.58. The van der Waals surface area contributed by atoms with Crippen molar-refractivity contribution in [3.63, 3.8) is 0 Å². The Labute approximate surface area is 128 Å². The van der Waals surface area contributed by atoms with E-state index >= 15 is 0 Å². The molecule has 112 valence electrons. The van der Waals surface area contributed by atoms with E-state index in [9.17, 15) is 4.79 Å². The number of methoxy groups -OCH3 is 1. The molecule has 3 rings (SSSR count). The van der Waals surface area contributed by atoms with E-state index in [1.165, 1.54) is 7.11 Å². The van der Waals surface area contributed by atoms with Crippen LogP contribution < -0.4 is 4.84 Å². The molecule has 0 radical (unpaired) electrons. The number of benzene rings is 2. The molecule has 4 nitrogen and oxygen atoms in total. The lowest BCUT2D eigenvalue weighted by Gasteiger charge is -2.10. The molecular weight excluding hydrogens is 278 g/mol. The molecule has 0 saturated heterocycles. The molecule has 0 saturated carbocycles. The summed E-state index contributed by atoms with van der Waals surface area (Å²) in [5.74, 6) is -0.351. The third-order valence-corrected chi connectivity index (χ3v) is 3.65. The minimum atomic E-state index is -0.351. The molecule has 0 spiro atoms. The van der Waals surface area contributed by atoms with E-state index in [-0.39, 0.29) is 5.97 Å². The summed E-state index contributed by atoms with van der Waals surface area (Å²) in [5.41, 5.74) is 3.21. The number of fused-ring (bicyclic) bond motifs is 1. The summed E-state index contributed by atoms with van der Waals surface area (Å²) < 4.78 is 6.60. The fraction of sp³-hybridized carbons (Fsp3) is 0.167. The van der Waals surface area contributed by atoms with Crippen LogP contribution in [0.5, 0.6) is 0 Å². The number of rotatable bonds is 4. The first-order valence-electron chi connectivity index (χ1n) is 7.08. The lowest BCUT2D eigenvalue weighted by molar-refractivity contribution is 0.0594. The van der Waals surface area contributed by atoms with Crippen LogP contribution in [0.25, 0.3) is 10.9 Å². The summed E-state index contributed by atoms with van der Waals surface area (Å²) in [7, 11) is 1.39. The molecule has 0 aliphatic rings. The number of nitrogens with zero attached hydrogens (tertiary/aromatic N) is 1. The second-order valence-electron chi connectivity index (χ2n) is 5.02. The predicted molar refractivity (Wildman–Crippen MR) is 84.7 cm³/mol. The summed E-state index contributed by atoms with van der Waals surface area (Å²) >= 11 is 0. The van der Waals surface area contributed by atoms with Crippen LogP contribution in [-0.4, -0.2) is 17.8 Å². The van der Waals surface area contributed by atoms with Crippen molar-refractivity contribution < 1.29 is 14.4 Å². The highest BCUT2D eigenvalue weighted by Gasteiger charge is 2.21. The molecule has 1 heterocycles. The van der Waals surface area contributed by atoms with Crippen LogP contribution >= 0.6 is 0 Å². The third kappa shape index (κ3) is 2.44. The van der Waals surface area contributed by atoms with E-state index in [2.05, 4.69) is 0 Å². The molecule has 0 bridgehead atoms. The topological polar surface area (TPSA) is 40.5 Å². The molecule has 0 amide bonds. The summed E-state index contributed by atoms with van der Waals surface area (Å²) in [6, 6.07) is 17.6. The number of esters is 1. The predicted octanol–water partition coefficient (Wildman–Crippen LogP) is 3.37. The van der Waals surface area contributed by atoms with E-state index in [1.54, 1.807) is 4.73 Å². The Morgan fingerprint density at radius 1 is 1.05 bits per heavy atom. The van der Waals surface area contributed by atoms with Crippen LogP contribution in [0, 0.1) is 6.92 Å². The highest BCUT2D eigenvalue weighted by Crippen LogP contribution is 2.25. The Hall–Kier alpha value is -2.75. The molecule has 0 aliphatic heterocycles. The molecule has 0 atom stereocenters. The van der Waals surface area contributed by atoms with E-state index in [1.807, 2.05) is 61.5 Å². The minimum absolute atomic E-state index is 0.351. The molecule has 0 N–H and O–H groups in total. The van der Waals surface area contributed by atoms with Crippen molar-refractivity contribution in [2.75, 3.05) is 7.11 Å². The van der Waals surface area contributed by atoms with Gasteiger partial charge in [-0.3, -0.25) is 0 Å². The van der Waals surface area contributed by atoms with Crippen LogP contribution in [0.2, 0.25) is 0 Å². The third-order valence-electron chi connectivity index (χ3n) is 3.65. The lowest BCUT2D eigenvalue weighted by atomic mass is 10.1. The van der Waals surface area contributed by atoms with Gasteiger partial charge in [-0.2, -0.15) is 4.73 Å². The standard InChI is InChI=1S/C18H17NO3/c1-13-17(18(20)21-2)15-10-6-7-11-16(15)19(13)22-12-14-8-4-3-5-9-14/h3-11H,12H2,1-2H3. The Balaban J connectivity index is 2.02. The molecule has 3 aromatic rings. The van der Waals surface area contributed by atoms with E-state index in [0.717, 1.165) is 22.2 Å². The Morgan fingerprint density at radius 2 is 1.73 bits per heavy atom. The van der Waals surface area contributed by atoms with Gasteiger partial charge in [-0.1, -0.05) is 48.5 Å². The molecule has 2 aromatic carbocycles. The van der Waals surface area contributed by atoms with Crippen molar-refractivity contribution in [2.24, 2.45) is 0 Å². The summed E-state index contributed by atoms with van der Waals surface area (Å²) in [5, 5.41) is 0.833. The number of hydrogen-bond donors (Lipinski definition) is 0. The molecule has 0 unspecified atom stereocenters. The van der Waals surface area contributed by atoms with Crippen molar-refractivity contribution in [1.29, 1.82) is 0 Å². The Bertz CT molecular complexity index is 806. The average Bonchev–Trinajstić information content (AvgIpc) is 2.85. The quantitative estimate of drug-likeness (QED) is 0.693. The fourth-order valence-electron chi connectivity index (χ4n) is 2.58. The maximum atomic E-state index is 12.0. The van der Waals surface area contributed by atoms with Crippen molar-refractivity contribution >= 4 is 16.9 Å². The number of carbonyl (C=O) groups excluding carboxylic acids is 1. The first kappa shape index (κ1) is 14.2. The number of hydrogen-bond acceptors (Lipinski definition) is 3. The van der Waals surface area contributed by atoms with Gasteiger partial charge in [-0.15, -0.1) is 0 Å². The van der Waals surface area contributed by atoms with Crippen molar-refractivity contribution in [2.45, 2.75) is 13.5 Å². The maximum absolute atomic E-state index is 12.0. The largest absolute Gasteiger partial charge is 0.465 e. The van der Waals surface area contributed by atoms with Crippen LogP contribution in [0.1, 0.15) is 21.6 Å². The monoisotopic (exact) mass is 295 g/mol. The molecule has 4 heteroatoms. The molecule has 1 aromatic heterocycles. The van der Waals surface area contributed by atoms with Gasteiger partial charge >= 0.3 is 5.97 Å². The van der Waals surface area contributed by atoms with E-state index in [4.69, 9.17) is 9.57 Å². The van der Waals surface area contributed by atoms with Crippen molar-refractivity contribution in [1.82, 2.24) is 4.73 Å². The summed E-state index contributed by atoms with van der Waals surface area (Å²) in [4.78, 5) is 18.0. The van der Waals surface area contributed by atoms with Gasteiger partial charge in [0, 0.05) is 5.39 Å². The molecule has 0 aliphatic carbocycles. The van der Waals surface area contributed by atoms with E-state index < -0.39 is 0 Å². The smallest absolute Gasteiger partial charge is 0.340 e. The van der Waals surface area contributed by atoms with Crippen LogP contribution in [-0.2, 0) is 11.3 Å². The number of aromatic nitrogens is 1. The van der Waals surface area contributed by atoms with Gasteiger partial charge in [0.05, 0.1) is 23.9 Å².